The number of carbonyl (C=O) groups is 4. The largest absolute Gasteiger partial charge is 0.336 e. The maximum absolute atomic E-state index is 13.4. The van der Waals surface area contributed by atoms with Gasteiger partial charge in [0.2, 0.25) is 5.91 Å². The Hall–Kier alpha value is -4.46. The summed E-state index contributed by atoms with van der Waals surface area (Å²) in [5.74, 6) is -1.43. The number of hydrogen-bond donors (Lipinski definition) is 2. The number of anilines is 2. The van der Waals surface area contributed by atoms with Crippen LogP contribution >= 0.6 is 0 Å². The Kier molecular flexibility index (Phi) is 5.55. The number of urea groups is 1. The first-order valence-corrected chi connectivity index (χ1v) is 11.0. The summed E-state index contributed by atoms with van der Waals surface area (Å²) in [5, 5.41) is 5.58. The van der Waals surface area contributed by atoms with Gasteiger partial charge in [-0.15, -0.1) is 0 Å². The smallest absolute Gasteiger partial charge is 0.321 e. The number of rotatable bonds is 6. The lowest BCUT2D eigenvalue weighted by atomic mass is 10.0. The van der Waals surface area contributed by atoms with Gasteiger partial charge in [0, 0.05) is 30.9 Å². The Labute approximate surface area is 196 Å². The van der Waals surface area contributed by atoms with Gasteiger partial charge in [0.15, 0.2) is 0 Å². The Balaban J connectivity index is 1.40. The third kappa shape index (κ3) is 3.90. The highest BCUT2D eigenvalue weighted by molar-refractivity contribution is 6.23. The van der Waals surface area contributed by atoms with Gasteiger partial charge in [-0.05, 0) is 42.0 Å². The summed E-state index contributed by atoms with van der Waals surface area (Å²) in [4.78, 5) is 54.2. The molecule has 3 aromatic rings. The molecule has 5 rings (SSSR count). The number of nitrogens with zero attached hydrogens (tertiary/aromatic N) is 2. The molecule has 2 N–H and O–H groups in total. The molecule has 3 aromatic carbocycles. The second-order valence-corrected chi connectivity index (χ2v) is 8.15. The van der Waals surface area contributed by atoms with E-state index in [-0.39, 0.29) is 12.5 Å². The lowest BCUT2D eigenvalue weighted by molar-refractivity contribution is -0.119. The molecule has 0 unspecified atom stereocenters. The van der Waals surface area contributed by atoms with Gasteiger partial charge in [-0.3, -0.25) is 24.2 Å². The Morgan fingerprint density at radius 1 is 0.853 bits per heavy atom. The summed E-state index contributed by atoms with van der Waals surface area (Å²) in [5.41, 5.74) is 2.64. The van der Waals surface area contributed by atoms with Crippen molar-refractivity contribution in [1.82, 2.24) is 10.2 Å². The van der Waals surface area contributed by atoms with E-state index in [0.717, 1.165) is 10.5 Å². The molecule has 2 aliphatic heterocycles. The lowest BCUT2D eigenvalue weighted by Crippen LogP contribution is -2.48. The van der Waals surface area contributed by atoms with Gasteiger partial charge >= 0.3 is 6.03 Å². The second kappa shape index (κ2) is 8.82. The zero-order valence-electron chi connectivity index (χ0n) is 18.2. The van der Waals surface area contributed by atoms with E-state index < -0.39 is 23.8 Å². The first kappa shape index (κ1) is 21.4. The zero-order chi connectivity index (χ0) is 23.7. The molecule has 0 aliphatic carbocycles. The van der Waals surface area contributed by atoms with E-state index in [1.165, 1.54) is 0 Å². The van der Waals surface area contributed by atoms with Crippen LogP contribution in [0.3, 0.4) is 0 Å². The highest BCUT2D eigenvalue weighted by atomic mass is 16.2. The molecule has 1 fully saturated rings. The highest BCUT2D eigenvalue weighted by Gasteiger charge is 2.42. The molecule has 1 atom stereocenters. The van der Waals surface area contributed by atoms with Crippen molar-refractivity contribution in [3.8, 4) is 0 Å². The minimum absolute atomic E-state index is 0.162. The normalized spacial score (nSPS) is 15.8. The van der Waals surface area contributed by atoms with Crippen LogP contribution in [0.2, 0.25) is 0 Å². The topological polar surface area (TPSA) is 98.8 Å². The fraction of sp³-hybridized carbons (Fsp3) is 0.154. The minimum atomic E-state index is -1.03. The summed E-state index contributed by atoms with van der Waals surface area (Å²) in [6.07, 6.45) is 0.185. The standard InChI is InChI=1S/C26H22N4O4/c31-23(28-18-10-12-19(13-11-18)29-15-14-27-26(29)34)22(16-17-6-2-1-3-7-17)30-24(32)20-8-4-5-9-21(20)25(30)33/h1-13,22H,14-16H2,(H,27,34)(H,28,31)/t22-/m0/s1. The molecule has 0 bridgehead atoms. The van der Waals surface area contributed by atoms with Crippen LogP contribution in [0.1, 0.15) is 26.3 Å². The van der Waals surface area contributed by atoms with Crippen molar-refractivity contribution < 1.29 is 19.2 Å². The van der Waals surface area contributed by atoms with Gasteiger partial charge in [0.25, 0.3) is 11.8 Å². The van der Waals surface area contributed by atoms with Gasteiger partial charge in [-0.25, -0.2) is 4.79 Å². The van der Waals surface area contributed by atoms with Gasteiger partial charge in [0.1, 0.15) is 6.04 Å². The van der Waals surface area contributed by atoms with Crippen molar-refractivity contribution in [2.45, 2.75) is 12.5 Å². The first-order chi connectivity index (χ1) is 16.5. The number of benzene rings is 3. The number of imide groups is 1. The van der Waals surface area contributed by atoms with Crippen molar-refractivity contribution in [1.29, 1.82) is 0 Å². The summed E-state index contributed by atoms with van der Waals surface area (Å²) in [6, 6.07) is 21.5. The number of hydrogen-bond acceptors (Lipinski definition) is 4. The molecule has 0 spiro atoms. The van der Waals surface area contributed by atoms with Crippen LogP contribution in [0.25, 0.3) is 0 Å². The molecule has 2 aliphatic rings. The number of fused-ring (bicyclic) bond motifs is 1. The van der Waals surface area contributed by atoms with Crippen LogP contribution in [0, 0.1) is 0 Å². The van der Waals surface area contributed by atoms with E-state index in [1.807, 2.05) is 30.3 Å². The molecule has 8 nitrogen and oxygen atoms in total. The average molecular weight is 454 g/mol. The highest BCUT2D eigenvalue weighted by Crippen LogP contribution is 2.27. The van der Waals surface area contributed by atoms with E-state index in [4.69, 9.17) is 0 Å². The average Bonchev–Trinajstić information content (AvgIpc) is 3.40. The molecular formula is C26H22N4O4. The molecule has 0 aromatic heterocycles. The Morgan fingerprint density at radius 2 is 1.47 bits per heavy atom. The maximum atomic E-state index is 13.4. The monoisotopic (exact) mass is 454 g/mol. The minimum Gasteiger partial charge on any atom is -0.336 e. The van der Waals surface area contributed by atoms with Crippen LogP contribution in [-0.4, -0.2) is 47.8 Å². The number of carbonyl (C=O) groups excluding carboxylic acids is 4. The molecule has 1 saturated heterocycles. The van der Waals surface area contributed by atoms with Crippen molar-refractivity contribution in [2.24, 2.45) is 0 Å². The predicted molar refractivity (Wildman–Crippen MR) is 127 cm³/mol. The Bertz CT molecular complexity index is 1240. The van der Waals surface area contributed by atoms with Crippen molar-refractivity contribution in [3.63, 3.8) is 0 Å². The maximum Gasteiger partial charge on any atom is 0.321 e. The molecule has 170 valence electrons. The fourth-order valence-corrected chi connectivity index (χ4v) is 4.30. The molecule has 2 heterocycles. The zero-order valence-corrected chi connectivity index (χ0v) is 18.2. The summed E-state index contributed by atoms with van der Waals surface area (Å²) in [7, 11) is 0. The van der Waals surface area contributed by atoms with E-state index in [1.54, 1.807) is 53.4 Å². The van der Waals surface area contributed by atoms with Crippen molar-refractivity contribution in [2.75, 3.05) is 23.3 Å². The van der Waals surface area contributed by atoms with Gasteiger partial charge in [-0.1, -0.05) is 42.5 Å². The van der Waals surface area contributed by atoms with Crippen LogP contribution in [0.4, 0.5) is 16.2 Å². The Morgan fingerprint density at radius 3 is 2.06 bits per heavy atom. The first-order valence-electron chi connectivity index (χ1n) is 11.0. The van der Waals surface area contributed by atoms with Gasteiger partial charge in [-0.2, -0.15) is 0 Å². The van der Waals surface area contributed by atoms with E-state index >= 15 is 0 Å². The third-order valence-corrected chi connectivity index (χ3v) is 6.01. The van der Waals surface area contributed by atoms with Crippen LogP contribution in [0.15, 0.2) is 78.9 Å². The quantitative estimate of drug-likeness (QED) is 0.560. The summed E-state index contributed by atoms with van der Waals surface area (Å²) in [6.45, 7) is 1.15. The van der Waals surface area contributed by atoms with Crippen LogP contribution in [0.5, 0.6) is 0 Å². The predicted octanol–water partition coefficient (Wildman–Crippen LogP) is 3.06. The van der Waals surface area contributed by atoms with Gasteiger partial charge < -0.3 is 10.6 Å². The summed E-state index contributed by atoms with van der Waals surface area (Å²) < 4.78 is 0. The number of amides is 5. The third-order valence-electron chi connectivity index (χ3n) is 6.01. The fourth-order valence-electron chi connectivity index (χ4n) is 4.30. The SMILES string of the molecule is O=C(Nc1ccc(N2CCNC2=O)cc1)[C@H](Cc1ccccc1)N1C(=O)c2ccccc2C1=O. The molecule has 0 saturated carbocycles. The van der Waals surface area contributed by atoms with Gasteiger partial charge in [0.05, 0.1) is 11.1 Å². The summed E-state index contributed by atoms with van der Waals surface area (Å²) >= 11 is 0. The lowest BCUT2D eigenvalue weighted by Gasteiger charge is -2.25. The van der Waals surface area contributed by atoms with Crippen molar-refractivity contribution in [3.05, 3.63) is 95.6 Å². The molecule has 0 radical (unpaired) electrons. The second-order valence-electron chi connectivity index (χ2n) is 8.15. The van der Waals surface area contributed by atoms with Crippen molar-refractivity contribution >= 4 is 35.1 Å². The number of nitrogens with one attached hydrogen (secondary N) is 2. The van der Waals surface area contributed by atoms with E-state index in [9.17, 15) is 19.2 Å². The van der Waals surface area contributed by atoms with Crippen LogP contribution in [-0.2, 0) is 11.2 Å². The van der Waals surface area contributed by atoms with E-state index in [0.29, 0.717) is 35.6 Å². The molecule has 34 heavy (non-hydrogen) atoms. The molecule has 5 amide bonds. The molecular weight excluding hydrogens is 432 g/mol. The molecule has 8 heteroatoms. The van der Waals surface area contributed by atoms with E-state index in [2.05, 4.69) is 10.6 Å². The van der Waals surface area contributed by atoms with Crippen LogP contribution < -0.4 is 15.5 Å².